The fourth-order valence-electron chi connectivity index (χ4n) is 2.60. The first kappa shape index (κ1) is 20.8. The highest BCUT2D eigenvalue weighted by Crippen LogP contribution is 2.35. The monoisotopic (exact) mass is 380 g/mol. The summed E-state index contributed by atoms with van der Waals surface area (Å²) >= 11 is 0. The summed E-state index contributed by atoms with van der Waals surface area (Å²) in [6, 6.07) is 11.0. The van der Waals surface area contributed by atoms with Crippen molar-refractivity contribution in [3.8, 4) is 22.6 Å². The maximum absolute atomic E-state index is 11.8. The number of anilines is 2. The summed E-state index contributed by atoms with van der Waals surface area (Å²) in [5, 5.41) is 5.55. The molecule has 2 aromatic rings. The minimum absolute atomic E-state index is 0.226. The molecule has 0 atom stereocenters. The molecule has 0 bridgehead atoms. The first-order chi connectivity index (χ1) is 13.5. The van der Waals surface area contributed by atoms with Crippen LogP contribution in [0, 0.1) is 0 Å². The fraction of sp³-hybridized carbons (Fsp3) is 0.182. The Kier molecular flexibility index (Phi) is 7.39. The predicted octanol–water partition coefficient (Wildman–Crippen LogP) is 4.40. The van der Waals surface area contributed by atoms with E-state index < -0.39 is 0 Å². The zero-order chi connectivity index (χ0) is 20.5. The number of allylic oxidation sites excluding steroid dienone is 2. The van der Waals surface area contributed by atoms with Gasteiger partial charge in [-0.15, -0.1) is 0 Å². The van der Waals surface area contributed by atoms with Gasteiger partial charge in [0.05, 0.1) is 25.6 Å². The molecule has 0 unspecified atom stereocenters. The lowest BCUT2D eigenvalue weighted by molar-refractivity contribution is -0.112. The Balaban J connectivity index is 2.34. The normalized spacial score (nSPS) is 10.9. The van der Waals surface area contributed by atoms with Crippen LogP contribution in [-0.2, 0) is 9.59 Å². The van der Waals surface area contributed by atoms with Gasteiger partial charge in [-0.1, -0.05) is 24.3 Å². The molecule has 146 valence electrons. The van der Waals surface area contributed by atoms with Crippen molar-refractivity contribution >= 4 is 23.2 Å². The van der Waals surface area contributed by atoms with Crippen LogP contribution in [0.3, 0.4) is 0 Å². The minimum Gasteiger partial charge on any atom is -0.495 e. The van der Waals surface area contributed by atoms with Gasteiger partial charge in [0.25, 0.3) is 0 Å². The zero-order valence-electron chi connectivity index (χ0n) is 16.4. The van der Waals surface area contributed by atoms with Crippen LogP contribution in [0.4, 0.5) is 11.4 Å². The molecule has 0 aliphatic heterocycles. The summed E-state index contributed by atoms with van der Waals surface area (Å²) in [4.78, 5) is 23.6. The summed E-state index contributed by atoms with van der Waals surface area (Å²) in [5.74, 6) is 0.632. The summed E-state index contributed by atoms with van der Waals surface area (Å²) in [6.07, 6.45) is 6.22. The molecule has 0 heterocycles. The molecular weight excluding hydrogens is 356 g/mol. The molecule has 0 radical (unpaired) electrons. The molecule has 2 rings (SSSR count). The van der Waals surface area contributed by atoms with Crippen molar-refractivity contribution < 1.29 is 19.1 Å². The van der Waals surface area contributed by atoms with Crippen LogP contribution in [0.25, 0.3) is 11.1 Å². The van der Waals surface area contributed by atoms with E-state index in [1.165, 1.54) is 12.2 Å². The fourth-order valence-corrected chi connectivity index (χ4v) is 2.60. The molecule has 0 aromatic heterocycles. The number of hydrogen-bond acceptors (Lipinski definition) is 4. The molecule has 0 aliphatic carbocycles. The molecular formula is C22H24N2O4. The van der Waals surface area contributed by atoms with E-state index >= 15 is 0 Å². The number of ether oxygens (including phenoxy) is 2. The van der Waals surface area contributed by atoms with Crippen molar-refractivity contribution in [3.63, 3.8) is 0 Å². The summed E-state index contributed by atoms with van der Waals surface area (Å²) in [7, 11) is 3.09. The Bertz CT molecular complexity index is 841. The van der Waals surface area contributed by atoms with Gasteiger partial charge in [0.2, 0.25) is 11.8 Å². The molecule has 0 aliphatic rings. The molecule has 2 aromatic carbocycles. The van der Waals surface area contributed by atoms with Crippen molar-refractivity contribution in [1.29, 1.82) is 0 Å². The van der Waals surface area contributed by atoms with Crippen LogP contribution in [0.15, 0.2) is 60.7 Å². The molecule has 0 spiro atoms. The van der Waals surface area contributed by atoms with Crippen LogP contribution < -0.4 is 20.1 Å². The average molecular weight is 380 g/mol. The Morgan fingerprint density at radius 2 is 1.14 bits per heavy atom. The standard InChI is InChI=1S/C22H24N2O4/c1-5-7-21(25)23-17-11-9-15(13-19(17)27-3)16-10-12-18(20(14-16)28-4)24-22(26)8-6-2/h5-14H,1-4H3,(H,23,25)(H,24,26)/b7-5-,8-6-. The second kappa shape index (κ2) is 9.97. The van der Waals surface area contributed by atoms with Crippen molar-refractivity contribution in [2.24, 2.45) is 0 Å². The zero-order valence-corrected chi connectivity index (χ0v) is 16.4. The second-order valence-corrected chi connectivity index (χ2v) is 5.81. The number of methoxy groups -OCH3 is 2. The van der Waals surface area contributed by atoms with Gasteiger partial charge in [0.15, 0.2) is 0 Å². The van der Waals surface area contributed by atoms with Crippen molar-refractivity contribution in [1.82, 2.24) is 0 Å². The van der Waals surface area contributed by atoms with Gasteiger partial charge in [-0.05, 0) is 61.4 Å². The second-order valence-electron chi connectivity index (χ2n) is 5.81. The van der Waals surface area contributed by atoms with Gasteiger partial charge in [-0.2, -0.15) is 0 Å². The third-order valence-electron chi connectivity index (χ3n) is 3.89. The van der Waals surface area contributed by atoms with E-state index in [4.69, 9.17) is 9.47 Å². The topological polar surface area (TPSA) is 76.7 Å². The van der Waals surface area contributed by atoms with Crippen LogP contribution in [0.2, 0.25) is 0 Å². The Morgan fingerprint density at radius 1 is 0.750 bits per heavy atom. The number of rotatable bonds is 7. The highest BCUT2D eigenvalue weighted by Gasteiger charge is 2.11. The summed E-state index contributed by atoms with van der Waals surface area (Å²) in [6.45, 7) is 3.55. The Morgan fingerprint density at radius 3 is 1.46 bits per heavy atom. The van der Waals surface area contributed by atoms with Gasteiger partial charge >= 0.3 is 0 Å². The lowest BCUT2D eigenvalue weighted by atomic mass is 10.0. The van der Waals surface area contributed by atoms with Crippen LogP contribution in [0.5, 0.6) is 11.5 Å². The van der Waals surface area contributed by atoms with E-state index in [1.54, 1.807) is 52.4 Å². The SMILES string of the molecule is C/C=C\C(=O)Nc1ccc(-c2ccc(NC(=O)/C=C\C)c(OC)c2)cc1OC. The van der Waals surface area contributed by atoms with E-state index in [0.717, 1.165) is 11.1 Å². The number of nitrogens with one attached hydrogen (secondary N) is 2. The number of carbonyl (C=O) groups is 2. The van der Waals surface area contributed by atoms with Gasteiger partial charge in [-0.25, -0.2) is 0 Å². The molecule has 0 saturated carbocycles. The molecule has 0 fully saturated rings. The smallest absolute Gasteiger partial charge is 0.248 e. The third-order valence-corrected chi connectivity index (χ3v) is 3.89. The maximum atomic E-state index is 11.8. The van der Waals surface area contributed by atoms with Crippen LogP contribution in [0.1, 0.15) is 13.8 Å². The first-order valence-corrected chi connectivity index (χ1v) is 8.76. The summed E-state index contributed by atoms with van der Waals surface area (Å²) in [5.41, 5.74) is 2.92. The number of benzene rings is 2. The van der Waals surface area contributed by atoms with Crippen molar-refractivity contribution in [2.45, 2.75) is 13.8 Å². The van der Waals surface area contributed by atoms with Gasteiger partial charge < -0.3 is 20.1 Å². The quantitative estimate of drug-likeness (QED) is 0.698. The number of amides is 2. The molecule has 28 heavy (non-hydrogen) atoms. The minimum atomic E-state index is -0.226. The molecule has 0 saturated heterocycles. The van der Waals surface area contributed by atoms with E-state index in [9.17, 15) is 9.59 Å². The molecule has 2 N–H and O–H groups in total. The molecule has 6 nitrogen and oxygen atoms in total. The third kappa shape index (κ3) is 5.23. The van der Waals surface area contributed by atoms with E-state index in [0.29, 0.717) is 22.9 Å². The van der Waals surface area contributed by atoms with Crippen molar-refractivity contribution in [2.75, 3.05) is 24.9 Å². The average Bonchev–Trinajstić information content (AvgIpc) is 2.69. The van der Waals surface area contributed by atoms with Crippen molar-refractivity contribution in [3.05, 3.63) is 60.7 Å². The lowest BCUT2D eigenvalue weighted by Gasteiger charge is -2.14. The lowest BCUT2D eigenvalue weighted by Crippen LogP contribution is -2.09. The van der Waals surface area contributed by atoms with E-state index in [-0.39, 0.29) is 11.8 Å². The predicted molar refractivity (Wildman–Crippen MR) is 112 cm³/mol. The largest absolute Gasteiger partial charge is 0.495 e. The van der Waals surface area contributed by atoms with Gasteiger partial charge in [0.1, 0.15) is 11.5 Å². The van der Waals surface area contributed by atoms with Crippen LogP contribution >= 0.6 is 0 Å². The van der Waals surface area contributed by atoms with Crippen LogP contribution in [-0.4, -0.2) is 26.0 Å². The molecule has 6 heteroatoms. The number of hydrogen-bond donors (Lipinski definition) is 2. The van der Waals surface area contributed by atoms with Gasteiger partial charge in [0, 0.05) is 0 Å². The van der Waals surface area contributed by atoms with E-state index in [1.807, 2.05) is 24.3 Å². The highest BCUT2D eigenvalue weighted by molar-refractivity contribution is 6.01. The van der Waals surface area contributed by atoms with Gasteiger partial charge in [-0.3, -0.25) is 9.59 Å². The van der Waals surface area contributed by atoms with E-state index in [2.05, 4.69) is 10.6 Å². The first-order valence-electron chi connectivity index (χ1n) is 8.76. The highest BCUT2D eigenvalue weighted by atomic mass is 16.5. The molecule has 2 amide bonds. The Hall–Kier alpha value is -3.54. The summed E-state index contributed by atoms with van der Waals surface area (Å²) < 4.78 is 10.8. The number of carbonyl (C=O) groups excluding carboxylic acids is 2. The Labute approximate surface area is 164 Å². The maximum Gasteiger partial charge on any atom is 0.248 e.